The van der Waals surface area contributed by atoms with Crippen molar-refractivity contribution in [1.82, 2.24) is 4.98 Å². The molecule has 0 aliphatic carbocycles. The molecule has 1 aromatic heterocycles. The summed E-state index contributed by atoms with van der Waals surface area (Å²) in [4.78, 5) is 3.69. The molecule has 0 aliphatic heterocycles. The predicted octanol–water partition coefficient (Wildman–Crippen LogP) is 1.66. The van der Waals surface area contributed by atoms with Crippen LogP contribution in [0.1, 0.15) is 17.8 Å². The van der Waals surface area contributed by atoms with Gasteiger partial charge in [0.05, 0.1) is 9.26 Å². The molecule has 0 radical (unpaired) electrons. The van der Waals surface area contributed by atoms with E-state index in [4.69, 9.17) is 11.5 Å². The van der Waals surface area contributed by atoms with E-state index in [1.165, 1.54) is 6.07 Å². The Morgan fingerprint density at radius 2 is 2.15 bits per heavy atom. The maximum atomic E-state index is 12.4. The molecule has 1 heterocycles. The molecule has 0 spiro atoms. The average molecular weight is 299 g/mol. The smallest absolute Gasteiger partial charge is 0.281 e. The van der Waals surface area contributed by atoms with Gasteiger partial charge in [0.15, 0.2) is 0 Å². The van der Waals surface area contributed by atoms with Crippen molar-refractivity contribution in [2.24, 2.45) is 5.73 Å². The van der Waals surface area contributed by atoms with Gasteiger partial charge < -0.3 is 11.5 Å². The first-order chi connectivity index (χ1) is 6.06. The van der Waals surface area contributed by atoms with Gasteiger partial charge in [0.25, 0.3) is 6.43 Å². The Morgan fingerprint density at radius 3 is 2.62 bits per heavy atom. The summed E-state index contributed by atoms with van der Waals surface area (Å²) in [5.41, 5.74) is 11.2. The van der Waals surface area contributed by atoms with Crippen LogP contribution in [-0.2, 0) is 6.54 Å². The number of halogens is 3. The normalized spacial score (nSPS) is 10.8. The summed E-state index contributed by atoms with van der Waals surface area (Å²) in [6.45, 7) is 0.112. The second-order valence-electron chi connectivity index (χ2n) is 2.41. The molecule has 0 atom stereocenters. The van der Waals surface area contributed by atoms with Crippen LogP contribution < -0.4 is 11.5 Å². The number of nitrogen functional groups attached to an aromatic ring is 1. The van der Waals surface area contributed by atoms with Crippen molar-refractivity contribution in [2.75, 3.05) is 5.73 Å². The minimum Gasteiger partial charge on any atom is -0.398 e. The summed E-state index contributed by atoms with van der Waals surface area (Å²) in [5, 5.41) is 0. The molecule has 1 rings (SSSR count). The first-order valence-electron chi connectivity index (χ1n) is 3.49. The third kappa shape index (κ3) is 2.25. The maximum Gasteiger partial charge on any atom is 0.281 e. The van der Waals surface area contributed by atoms with Crippen molar-refractivity contribution in [2.45, 2.75) is 13.0 Å². The molecular weight excluding hydrogens is 291 g/mol. The van der Waals surface area contributed by atoms with Gasteiger partial charge in [0.1, 0.15) is 5.69 Å². The molecule has 3 nitrogen and oxygen atoms in total. The Bertz CT molecular complexity index is 317. The lowest BCUT2D eigenvalue weighted by molar-refractivity contribution is 0.145. The molecule has 72 valence electrons. The number of pyridine rings is 1. The van der Waals surface area contributed by atoms with E-state index >= 15 is 0 Å². The molecule has 13 heavy (non-hydrogen) atoms. The van der Waals surface area contributed by atoms with Gasteiger partial charge in [0.2, 0.25) is 0 Å². The molecule has 0 saturated carbocycles. The van der Waals surface area contributed by atoms with Crippen molar-refractivity contribution >= 4 is 28.3 Å². The van der Waals surface area contributed by atoms with Gasteiger partial charge in [-0.2, -0.15) is 0 Å². The molecule has 0 aromatic carbocycles. The second kappa shape index (κ2) is 4.14. The SMILES string of the molecule is NCc1cc(N)c(I)c(C(F)F)n1. The van der Waals surface area contributed by atoms with Gasteiger partial charge in [-0.3, -0.25) is 0 Å². The van der Waals surface area contributed by atoms with Gasteiger partial charge in [-0.15, -0.1) is 0 Å². The van der Waals surface area contributed by atoms with Crippen LogP contribution in [0.4, 0.5) is 14.5 Å². The monoisotopic (exact) mass is 299 g/mol. The topological polar surface area (TPSA) is 64.9 Å². The lowest BCUT2D eigenvalue weighted by Crippen LogP contribution is -2.07. The fourth-order valence-electron chi connectivity index (χ4n) is 0.876. The summed E-state index contributed by atoms with van der Waals surface area (Å²) < 4.78 is 25.0. The quantitative estimate of drug-likeness (QED) is 0.816. The Morgan fingerprint density at radius 1 is 1.54 bits per heavy atom. The van der Waals surface area contributed by atoms with Gasteiger partial charge in [-0.25, -0.2) is 13.8 Å². The van der Waals surface area contributed by atoms with Crippen LogP contribution in [0.5, 0.6) is 0 Å². The lowest BCUT2D eigenvalue weighted by atomic mass is 10.2. The summed E-state index contributed by atoms with van der Waals surface area (Å²) in [6.07, 6.45) is -2.61. The molecule has 0 saturated heterocycles. The van der Waals surface area contributed by atoms with Gasteiger partial charge in [0, 0.05) is 12.2 Å². The highest BCUT2D eigenvalue weighted by Gasteiger charge is 2.16. The largest absolute Gasteiger partial charge is 0.398 e. The van der Waals surface area contributed by atoms with Crippen LogP contribution in [0.25, 0.3) is 0 Å². The number of nitrogens with two attached hydrogens (primary N) is 2. The highest BCUT2D eigenvalue weighted by Crippen LogP contribution is 2.27. The maximum absolute atomic E-state index is 12.4. The molecule has 0 fully saturated rings. The molecule has 1 aromatic rings. The van der Waals surface area contributed by atoms with Crippen LogP contribution in [0.3, 0.4) is 0 Å². The van der Waals surface area contributed by atoms with E-state index < -0.39 is 6.43 Å². The third-order valence-electron chi connectivity index (χ3n) is 1.48. The van der Waals surface area contributed by atoms with E-state index in [9.17, 15) is 8.78 Å². The summed E-state index contributed by atoms with van der Waals surface area (Å²) in [6, 6.07) is 1.51. The number of alkyl halides is 2. The lowest BCUT2D eigenvalue weighted by Gasteiger charge is -2.07. The number of hydrogen-bond acceptors (Lipinski definition) is 3. The van der Waals surface area contributed by atoms with Crippen LogP contribution in [0.2, 0.25) is 0 Å². The van der Waals surface area contributed by atoms with Crippen molar-refractivity contribution in [3.63, 3.8) is 0 Å². The highest BCUT2D eigenvalue weighted by atomic mass is 127. The Kier molecular flexibility index (Phi) is 3.37. The van der Waals surface area contributed by atoms with Crippen LogP contribution in [0, 0.1) is 3.57 Å². The first kappa shape index (κ1) is 10.6. The van der Waals surface area contributed by atoms with E-state index in [2.05, 4.69) is 4.98 Å². The van der Waals surface area contributed by atoms with Gasteiger partial charge >= 0.3 is 0 Å². The number of aromatic nitrogens is 1. The Labute approximate surface area is 87.7 Å². The first-order valence-corrected chi connectivity index (χ1v) is 4.57. The van der Waals surface area contributed by atoms with Crippen molar-refractivity contribution in [3.05, 3.63) is 21.0 Å². The molecular formula is C7H8F2IN3. The van der Waals surface area contributed by atoms with E-state index in [0.717, 1.165) is 0 Å². The third-order valence-corrected chi connectivity index (χ3v) is 2.66. The molecule has 0 aliphatic rings. The van der Waals surface area contributed by atoms with E-state index in [1.807, 2.05) is 0 Å². The van der Waals surface area contributed by atoms with Crippen molar-refractivity contribution < 1.29 is 8.78 Å². The van der Waals surface area contributed by atoms with Crippen LogP contribution in [-0.4, -0.2) is 4.98 Å². The van der Waals surface area contributed by atoms with Gasteiger partial charge in [-0.05, 0) is 28.7 Å². The molecule has 4 N–H and O–H groups in total. The van der Waals surface area contributed by atoms with Crippen LogP contribution in [0.15, 0.2) is 6.07 Å². The van der Waals surface area contributed by atoms with Crippen molar-refractivity contribution in [1.29, 1.82) is 0 Å². The Hall–Kier alpha value is -0.500. The number of nitrogens with zero attached hydrogens (tertiary/aromatic N) is 1. The second-order valence-corrected chi connectivity index (χ2v) is 3.49. The van der Waals surface area contributed by atoms with E-state index in [1.54, 1.807) is 22.6 Å². The zero-order valence-corrected chi connectivity index (χ0v) is 8.76. The number of rotatable bonds is 2. The van der Waals surface area contributed by atoms with Gasteiger partial charge in [-0.1, -0.05) is 0 Å². The van der Waals surface area contributed by atoms with E-state index in [-0.39, 0.29) is 12.2 Å². The standard InChI is InChI=1S/C7H8F2IN3/c8-7(9)6-5(10)4(12)1-3(2-11)13-6/h1,7H,2,11H2,(H2,12,13). The van der Waals surface area contributed by atoms with Crippen molar-refractivity contribution in [3.8, 4) is 0 Å². The summed E-state index contributed by atoms with van der Waals surface area (Å²) in [7, 11) is 0. The molecule has 0 amide bonds. The predicted molar refractivity (Wildman–Crippen MR) is 54.2 cm³/mol. The van der Waals surface area contributed by atoms with E-state index in [0.29, 0.717) is 15.0 Å². The summed E-state index contributed by atoms with van der Waals surface area (Å²) in [5.74, 6) is 0. The number of anilines is 1. The molecule has 0 bridgehead atoms. The number of hydrogen-bond donors (Lipinski definition) is 2. The fraction of sp³-hybridized carbons (Fsp3) is 0.286. The molecule has 0 unspecified atom stereocenters. The molecule has 6 heteroatoms. The Balaban J connectivity index is 3.25. The average Bonchev–Trinajstić information content (AvgIpc) is 2.09. The fourth-order valence-corrected chi connectivity index (χ4v) is 1.39. The minimum absolute atomic E-state index is 0.112. The minimum atomic E-state index is -2.61. The zero-order chi connectivity index (χ0) is 10.0. The van der Waals surface area contributed by atoms with Crippen LogP contribution >= 0.6 is 22.6 Å². The zero-order valence-electron chi connectivity index (χ0n) is 6.60. The summed E-state index contributed by atoms with van der Waals surface area (Å²) >= 11 is 1.74. The highest BCUT2D eigenvalue weighted by molar-refractivity contribution is 14.1.